The van der Waals surface area contributed by atoms with Crippen molar-refractivity contribution in [2.45, 2.75) is 26.3 Å². The van der Waals surface area contributed by atoms with Gasteiger partial charge in [-0.15, -0.1) is 0 Å². The smallest absolute Gasteiger partial charge is 0.311 e. The Kier molecular flexibility index (Phi) is 6.84. The van der Waals surface area contributed by atoms with Crippen molar-refractivity contribution >= 4 is 5.69 Å². The molecule has 0 heterocycles. The van der Waals surface area contributed by atoms with E-state index in [1.165, 1.54) is 6.07 Å². The minimum Gasteiger partial charge on any atom is -0.484 e. The van der Waals surface area contributed by atoms with Crippen molar-refractivity contribution in [3.8, 4) is 5.75 Å². The number of nitro benzene ring substituents is 1. The molecule has 0 bridgehead atoms. The fourth-order valence-electron chi connectivity index (χ4n) is 1.51. The van der Waals surface area contributed by atoms with Gasteiger partial charge in [-0.05, 0) is 18.1 Å². The highest BCUT2D eigenvalue weighted by atomic mass is 16.6. The molecule has 1 aromatic carbocycles. The molecule has 0 amide bonds. The summed E-state index contributed by atoms with van der Waals surface area (Å²) in [7, 11) is 0. The SMILES string of the molecule is CCCCOCCOc1ccc(CN)cc1[N+](=O)[O-]. The van der Waals surface area contributed by atoms with Crippen LogP contribution in [0.1, 0.15) is 25.3 Å². The van der Waals surface area contributed by atoms with Gasteiger partial charge >= 0.3 is 5.69 Å². The van der Waals surface area contributed by atoms with Crippen LogP contribution in [0.3, 0.4) is 0 Å². The molecule has 0 spiro atoms. The average molecular weight is 268 g/mol. The van der Waals surface area contributed by atoms with E-state index in [4.69, 9.17) is 15.2 Å². The van der Waals surface area contributed by atoms with Gasteiger partial charge in [-0.3, -0.25) is 10.1 Å². The van der Waals surface area contributed by atoms with Crippen LogP contribution in [-0.4, -0.2) is 24.7 Å². The minimum atomic E-state index is -0.466. The molecule has 106 valence electrons. The lowest BCUT2D eigenvalue weighted by molar-refractivity contribution is -0.385. The minimum absolute atomic E-state index is 0.0588. The molecule has 0 saturated heterocycles. The Labute approximate surface area is 112 Å². The number of benzene rings is 1. The second kappa shape index (κ2) is 8.44. The summed E-state index contributed by atoms with van der Waals surface area (Å²) in [6.45, 7) is 3.76. The van der Waals surface area contributed by atoms with Gasteiger partial charge in [0.2, 0.25) is 0 Å². The van der Waals surface area contributed by atoms with E-state index in [0.29, 0.717) is 25.4 Å². The van der Waals surface area contributed by atoms with Gasteiger partial charge in [-0.2, -0.15) is 0 Å². The average Bonchev–Trinajstić information content (AvgIpc) is 2.42. The van der Waals surface area contributed by atoms with E-state index in [9.17, 15) is 10.1 Å². The highest BCUT2D eigenvalue weighted by Gasteiger charge is 2.15. The lowest BCUT2D eigenvalue weighted by atomic mass is 10.2. The number of rotatable bonds is 9. The summed E-state index contributed by atoms with van der Waals surface area (Å²) in [6, 6.07) is 4.74. The molecule has 1 aromatic rings. The van der Waals surface area contributed by atoms with E-state index < -0.39 is 4.92 Å². The van der Waals surface area contributed by atoms with Gasteiger partial charge in [0, 0.05) is 19.2 Å². The third-order valence-electron chi connectivity index (χ3n) is 2.58. The van der Waals surface area contributed by atoms with E-state index in [-0.39, 0.29) is 18.0 Å². The molecular weight excluding hydrogens is 248 g/mol. The molecular formula is C13H20N2O4. The van der Waals surface area contributed by atoms with Crippen molar-refractivity contribution in [1.82, 2.24) is 0 Å². The fourth-order valence-corrected chi connectivity index (χ4v) is 1.51. The van der Waals surface area contributed by atoms with Crippen molar-refractivity contribution in [3.05, 3.63) is 33.9 Å². The number of nitro groups is 1. The Bertz CT molecular complexity index is 410. The summed E-state index contributed by atoms with van der Waals surface area (Å²) < 4.78 is 10.7. The number of hydrogen-bond acceptors (Lipinski definition) is 5. The van der Waals surface area contributed by atoms with Crippen LogP contribution in [0.15, 0.2) is 18.2 Å². The first-order valence-corrected chi connectivity index (χ1v) is 6.37. The molecule has 0 aliphatic carbocycles. The summed E-state index contributed by atoms with van der Waals surface area (Å²) in [5.74, 6) is 0.251. The van der Waals surface area contributed by atoms with E-state index >= 15 is 0 Å². The standard InChI is InChI=1S/C13H20N2O4/c1-2-3-6-18-7-8-19-13-5-4-11(10-14)9-12(13)15(16)17/h4-5,9H,2-3,6-8,10,14H2,1H3. The van der Waals surface area contributed by atoms with Crippen molar-refractivity contribution in [1.29, 1.82) is 0 Å². The Morgan fingerprint density at radius 1 is 1.32 bits per heavy atom. The van der Waals surface area contributed by atoms with Crippen LogP contribution < -0.4 is 10.5 Å². The topological polar surface area (TPSA) is 87.6 Å². The molecule has 0 fully saturated rings. The van der Waals surface area contributed by atoms with Crippen LogP contribution in [0.2, 0.25) is 0 Å². The highest BCUT2D eigenvalue weighted by Crippen LogP contribution is 2.27. The van der Waals surface area contributed by atoms with Crippen molar-refractivity contribution < 1.29 is 14.4 Å². The first-order chi connectivity index (χ1) is 9.19. The molecule has 0 aromatic heterocycles. The molecule has 0 aliphatic heterocycles. The van der Waals surface area contributed by atoms with Gasteiger partial charge in [0.25, 0.3) is 0 Å². The van der Waals surface area contributed by atoms with Crippen LogP contribution in [0.25, 0.3) is 0 Å². The summed E-state index contributed by atoms with van der Waals surface area (Å²) in [6.07, 6.45) is 2.08. The van der Waals surface area contributed by atoms with Crippen molar-refractivity contribution in [3.63, 3.8) is 0 Å². The maximum Gasteiger partial charge on any atom is 0.311 e. The zero-order valence-electron chi connectivity index (χ0n) is 11.1. The molecule has 6 heteroatoms. The number of hydrogen-bond donors (Lipinski definition) is 1. The van der Waals surface area contributed by atoms with Crippen molar-refractivity contribution in [2.24, 2.45) is 5.73 Å². The molecule has 0 radical (unpaired) electrons. The van der Waals surface area contributed by atoms with Crippen LogP contribution in [0.5, 0.6) is 5.75 Å². The van der Waals surface area contributed by atoms with Crippen LogP contribution in [-0.2, 0) is 11.3 Å². The Balaban J connectivity index is 2.50. The van der Waals surface area contributed by atoms with Crippen LogP contribution in [0.4, 0.5) is 5.69 Å². The first-order valence-electron chi connectivity index (χ1n) is 6.37. The monoisotopic (exact) mass is 268 g/mol. The quantitative estimate of drug-likeness (QED) is 0.421. The Morgan fingerprint density at radius 2 is 2.11 bits per heavy atom. The molecule has 19 heavy (non-hydrogen) atoms. The summed E-state index contributed by atoms with van der Waals surface area (Å²) in [5.41, 5.74) is 6.10. The molecule has 0 unspecified atom stereocenters. The predicted molar refractivity (Wildman–Crippen MR) is 72.2 cm³/mol. The third-order valence-corrected chi connectivity index (χ3v) is 2.58. The van der Waals surface area contributed by atoms with E-state index in [2.05, 4.69) is 6.92 Å². The molecule has 1 rings (SSSR count). The lowest BCUT2D eigenvalue weighted by Gasteiger charge is -2.08. The van der Waals surface area contributed by atoms with Crippen LogP contribution >= 0.6 is 0 Å². The largest absolute Gasteiger partial charge is 0.484 e. The Hall–Kier alpha value is -1.66. The molecule has 6 nitrogen and oxygen atoms in total. The van der Waals surface area contributed by atoms with Crippen LogP contribution in [0, 0.1) is 10.1 Å². The van der Waals surface area contributed by atoms with E-state index in [1.807, 2.05) is 0 Å². The fraction of sp³-hybridized carbons (Fsp3) is 0.538. The summed E-state index contributed by atoms with van der Waals surface area (Å²) in [5, 5.41) is 10.9. The zero-order valence-corrected chi connectivity index (χ0v) is 11.1. The van der Waals surface area contributed by atoms with Crippen molar-refractivity contribution in [2.75, 3.05) is 19.8 Å². The van der Waals surface area contributed by atoms with Gasteiger partial charge in [0.05, 0.1) is 11.5 Å². The first kappa shape index (κ1) is 15.4. The zero-order chi connectivity index (χ0) is 14.1. The second-order valence-electron chi connectivity index (χ2n) is 4.08. The van der Waals surface area contributed by atoms with E-state index in [1.54, 1.807) is 12.1 Å². The number of ether oxygens (including phenoxy) is 2. The third kappa shape index (κ3) is 5.23. The second-order valence-corrected chi connectivity index (χ2v) is 4.08. The van der Waals surface area contributed by atoms with E-state index in [0.717, 1.165) is 12.8 Å². The van der Waals surface area contributed by atoms with Gasteiger partial charge in [-0.1, -0.05) is 19.4 Å². The summed E-state index contributed by atoms with van der Waals surface area (Å²) in [4.78, 5) is 10.5. The molecule has 0 saturated carbocycles. The number of nitrogens with two attached hydrogens (primary N) is 1. The Morgan fingerprint density at radius 3 is 2.74 bits per heavy atom. The summed E-state index contributed by atoms with van der Waals surface area (Å²) >= 11 is 0. The number of nitrogens with zero attached hydrogens (tertiary/aromatic N) is 1. The van der Waals surface area contributed by atoms with Gasteiger partial charge in [0.1, 0.15) is 6.61 Å². The normalized spacial score (nSPS) is 10.4. The molecule has 0 aliphatic rings. The van der Waals surface area contributed by atoms with Gasteiger partial charge in [-0.25, -0.2) is 0 Å². The predicted octanol–water partition coefficient (Wildman–Crippen LogP) is 2.25. The maximum atomic E-state index is 10.9. The number of unbranched alkanes of at least 4 members (excludes halogenated alkanes) is 1. The molecule has 2 N–H and O–H groups in total. The lowest BCUT2D eigenvalue weighted by Crippen LogP contribution is -2.09. The maximum absolute atomic E-state index is 10.9. The highest BCUT2D eigenvalue weighted by molar-refractivity contribution is 5.48. The van der Waals surface area contributed by atoms with Gasteiger partial charge in [0.15, 0.2) is 5.75 Å². The molecule has 0 atom stereocenters. The van der Waals surface area contributed by atoms with Gasteiger partial charge < -0.3 is 15.2 Å².